The first kappa shape index (κ1) is 35.4. The van der Waals surface area contributed by atoms with Gasteiger partial charge in [0.25, 0.3) is 0 Å². The number of carbonyl (C=O) groups excluding carboxylic acids is 4. The van der Waals surface area contributed by atoms with Crippen LogP contribution in [0, 0.1) is 0 Å². The van der Waals surface area contributed by atoms with Crippen LogP contribution in [0.5, 0.6) is 0 Å². The molecule has 16 heteroatoms. The van der Waals surface area contributed by atoms with Gasteiger partial charge < -0.3 is 10.6 Å². The van der Waals surface area contributed by atoms with Crippen molar-refractivity contribution >= 4 is 46.4 Å². The third kappa shape index (κ3) is 12.6. The fourth-order valence-electron chi connectivity index (χ4n) is 3.51. The molecule has 0 aliphatic carbocycles. The predicted octanol–water partition coefficient (Wildman–Crippen LogP) is 5.41. The monoisotopic (exact) mass is 628 g/mol. The summed E-state index contributed by atoms with van der Waals surface area (Å²) in [7, 11) is 0. The third-order valence-electron chi connectivity index (χ3n) is 5.85. The normalized spacial score (nSPS) is 12.4. The van der Waals surface area contributed by atoms with Crippen LogP contribution in [0.3, 0.4) is 0 Å². The lowest BCUT2D eigenvalue weighted by molar-refractivity contribution is -0.167. The zero-order valence-corrected chi connectivity index (χ0v) is 23.7. The maximum absolute atomic E-state index is 12.4. The molecule has 0 aliphatic heterocycles. The Hall–Kier alpha value is -4.76. The fourth-order valence-corrected chi connectivity index (χ4v) is 3.51. The second-order valence-corrected chi connectivity index (χ2v) is 9.44. The molecule has 0 aromatic heterocycles. The van der Waals surface area contributed by atoms with E-state index in [4.69, 9.17) is 0 Å². The first-order chi connectivity index (χ1) is 20.6. The number of unbranched alkanes of at least 4 members (excludes halogenated alkanes) is 3. The number of amides is 4. The Morgan fingerprint density at radius 1 is 0.614 bits per heavy atom. The van der Waals surface area contributed by atoms with E-state index in [9.17, 15) is 45.5 Å². The number of anilines is 2. The first-order valence-corrected chi connectivity index (χ1v) is 13.2. The third-order valence-corrected chi connectivity index (χ3v) is 5.85. The van der Waals surface area contributed by atoms with E-state index in [1.54, 1.807) is 22.8 Å². The molecule has 0 saturated heterocycles. The highest BCUT2D eigenvalue weighted by Gasteiger charge is 2.39. The highest BCUT2D eigenvalue weighted by molar-refractivity contribution is 6.02. The largest absolute Gasteiger partial charge is 0.471 e. The number of hydrogen-bond donors (Lipinski definition) is 4. The molecule has 2 aromatic rings. The summed E-state index contributed by atoms with van der Waals surface area (Å²) < 4.78 is 74.7. The minimum Gasteiger partial charge on any atom is -0.318 e. The molecule has 10 nitrogen and oxygen atoms in total. The van der Waals surface area contributed by atoms with E-state index in [2.05, 4.69) is 21.1 Å². The van der Waals surface area contributed by atoms with Gasteiger partial charge in [0.1, 0.15) is 0 Å². The number of hydrazone groups is 2. The van der Waals surface area contributed by atoms with E-state index in [0.717, 1.165) is 0 Å². The Balaban J connectivity index is 1.69. The van der Waals surface area contributed by atoms with Crippen molar-refractivity contribution in [3.63, 3.8) is 0 Å². The summed E-state index contributed by atoms with van der Waals surface area (Å²) in [6.45, 7) is 3.08. The van der Waals surface area contributed by atoms with Gasteiger partial charge in [0.2, 0.25) is 11.8 Å². The van der Waals surface area contributed by atoms with Crippen LogP contribution in [0.2, 0.25) is 0 Å². The van der Waals surface area contributed by atoms with Crippen molar-refractivity contribution in [2.24, 2.45) is 10.2 Å². The Labute approximate surface area is 248 Å². The maximum Gasteiger partial charge on any atom is 0.471 e. The minimum absolute atomic E-state index is 0.0780. The highest BCUT2D eigenvalue weighted by Crippen LogP contribution is 2.20. The quantitative estimate of drug-likeness (QED) is 0.102. The number of rotatable bonds is 13. The van der Waals surface area contributed by atoms with Gasteiger partial charge in [-0.25, -0.2) is 10.9 Å². The maximum atomic E-state index is 12.4. The standard InChI is InChI=1S/C28H30F6N6O4/c1-17(19-9-7-11-21(15-19)35-25(43)27(29,30)31)37-39-23(41)13-5-3-4-6-14-24(42)40-38-18(2)20-10-8-12-22(16-20)36-26(44)28(32,33)34/h7-12,15-16H,3-6,13-14H2,1-2H3,(H,35,43)(H,36,44)(H,39,41)(H,40,42). The molecule has 0 fully saturated rings. The number of alkyl halides is 6. The van der Waals surface area contributed by atoms with Crippen LogP contribution >= 0.6 is 0 Å². The minimum atomic E-state index is -5.03. The second-order valence-electron chi connectivity index (χ2n) is 9.44. The number of benzene rings is 2. The van der Waals surface area contributed by atoms with Gasteiger partial charge >= 0.3 is 24.2 Å². The van der Waals surface area contributed by atoms with E-state index in [-0.39, 0.29) is 36.0 Å². The van der Waals surface area contributed by atoms with E-state index < -0.39 is 24.2 Å². The van der Waals surface area contributed by atoms with Gasteiger partial charge in [-0.1, -0.05) is 37.1 Å². The molecule has 0 spiro atoms. The van der Waals surface area contributed by atoms with Crippen LogP contribution in [0.1, 0.15) is 63.5 Å². The number of carbonyl (C=O) groups is 4. The van der Waals surface area contributed by atoms with Gasteiger partial charge in [0, 0.05) is 24.2 Å². The smallest absolute Gasteiger partial charge is 0.318 e. The van der Waals surface area contributed by atoms with Gasteiger partial charge in [0.15, 0.2) is 0 Å². The molecule has 0 saturated carbocycles. The van der Waals surface area contributed by atoms with E-state index in [1.165, 1.54) is 50.2 Å². The van der Waals surface area contributed by atoms with E-state index in [0.29, 0.717) is 48.2 Å². The summed E-state index contributed by atoms with van der Waals surface area (Å²) in [5.74, 6) is -4.97. The van der Waals surface area contributed by atoms with Crippen LogP contribution in [-0.4, -0.2) is 47.4 Å². The molecule has 4 amide bonds. The molecule has 0 aliphatic rings. The topological polar surface area (TPSA) is 141 Å². The van der Waals surface area contributed by atoms with Crippen molar-refractivity contribution in [3.05, 3.63) is 59.7 Å². The second kappa shape index (κ2) is 16.2. The lowest BCUT2D eigenvalue weighted by atomic mass is 10.1. The van der Waals surface area contributed by atoms with Crippen LogP contribution in [0.25, 0.3) is 0 Å². The molecule has 44 heavy (non-hydrogen) atoms. The Morgan fingerprint density at radius 2 is 0.977 bits per heavy atom. The van der Waals surface area contributed by atoms with E-state index >= 15 is 0 Å². The zero-order chi connectivity index (χ0) is 32.9. The molecule has 0 heterocycles. The molecule has 2 aromatic carbocycles. The van der Waals surface area contributed by atoms with Gasteiger partial charge in [-0.15, -0.1) is 0 Å². The average Bonchev–Trinajstić information content (AvgIpc) is 2.95. The van der Waals surface area contributed by atoms with Crippen molar-refractivity contribution in [2.45, 2.75) is 64.7 Å². The SMILES string of the molecule is CC(=NNC(=O)CCCCCCC(=O)NN=C(C)c1cccc(NC(=O)C(F)(F)F)c1)c1cccc(NC(=O)C(F)(F)F)c1. The van der Waals surface area contributed by atoms with Gasteiger partial charge in [-0.2, -0.15) is 36.5 Å². The molecule has 0 unspecified atom stereocenters. The van der Waals surface area contributed by atoms with Gasteiger partial charge in [-0.3, -0.25) is 19.2 Å². The molecule has 0 bridgehead atoms. The predicted molar refractivity (Wildman–Crippen MR) is 151 cm³/mol. The summed E-state index contributed by atoms with van der Waals surface area (Å²) in [6, 6.07) is 11.1. The van der Waals surface area contributed by atoms with Crippen LogP contribution < -0.4 is 21.5 Å². The van der Waals surface area contributed by atoms with Crippen LogP contribution in [0.4, 0.5) is 37.7 Å². The van der Waals surface area contributed by atoms with Crippen molar-refractivity contribution in [1.82, 2.24) is 10.9 Å². The lowest BCUT2D eigenvalue weighted by Crippen LogP contribution is -2.29. The molecule has 238 valence electrons. The molecule has 0 atom stereocenters. The number of halogens is 6. The van der Waals surface area contributed by atoms with Crippen molar-refractivity contribution in [1.29, 1.82) is 0 Å². The number of nitrogens with zero attached hydrogens (tertiary/aromatic N) is 2. The Morgan fingerprint density at radius 3 is 1.32 bits per heavy atom. The number of hydrogen-bond acceptors (Lipinski definition) is 6. The summed E-state index contributed by atoms with van der Waals surface area (Å²) in [5.41, 5.74) is 5.99. The summed E-state index contributed by atoms with van der Waals surface area (Å²) in [6.07, 6.45) is -7.45. The molecular formula is C28H30F6N6O4. The Kier molecular flexibility index (Phi) is 13.0. The van der Waals surface area contributed by atoms with E-state index in [1.807, 2.05) is 0 Å². The first-order valence-electron chi connectivity index (χ1n) is 13.2. The van der Waals surface area contributed by atoms with Crippen LogP contribution in [-0.2, 0) is 19.2 Å². The van der Waals surface area contributed by atoms with Crippen LogP contribution in [0.15, 0.2) is 58.7 Å². The number of nitrogens with one attached hydrogen (secondary N) is 4. The van der Waals surface area contributed by atoms with Crippen molar-refractivity contribution in [3.8, 4) is 0 Å². The van der Waals surface area contributed by atoms with Crippen molar-refractivity contribution in [2.75, 3.05) is 10.6 Å². The highest BCUT2D eigenvalue weighted by atomic mass is 19.4. The summed E-state index contributed by atoms with van der Waals surface area (Å²) >= 11 is 0. The fraction of sp³-hybridized carbons (Fsp3) is 0.357. The van der Waals surface area contributed by atoms with Gasteiger partial charge in [-0.05, 0) is 62.1 Å². The Bertz CT molecular complexity index is 1300. The van der Waals surface area contributed by atoms with Gasteiger partial charge in [0.05, 0.1) is 11.4 Å². The molecular weight excluding hydrogens is 598 g/mol. The lowest BCUT2D eigenvalue weighted by Gasteiger charge is -2.09. The molecule has 2 rings (SSSR count). The van der Waals surface area contributed by atoms with Crippen molar-refractivity contribution < 1.29 is 45.5 Å². The average molecular weight is 629 g/mol. The molecule has 0 radical (unpaired) electrons. The summed E-state index contributed by atoms with van der Waals surface area (Å²) in [5, 5.41) is 11.4. The summed E-state index contributed by atoms with van der Waals surface area (Å²) in [4.78, 5) is 46.4. The molecule has 4 N–H and O–H groups in total. The zero-order valence-electron chi connectivity index (χ0n) is 23.7.